The van der Waals surface area contributed by atoms with Gasteiger partial charge < -0.3 is 0 Å². The molecular weight excluding hydrogens is 356 g/mol. The van der Waals surface area contributed by atoms with E-state index in [0.717, 1.165) is 28.8 Å². The van der Waals surface area contributed by atoms with E-state index in [1.54, 1.807) is 4.68 Å². The van der Waals surface area contributed by atoms with Crippen LogP contribution in [0.25, 0.3) is 21.0 Å². The number of aryl methyl sites for hydroxylation is 3. The van der Waals surface area contributed by atoms with Gasteiger partial charge in [0.2, 0.25) is 0 Å². The van der Waals surface area contributed by atoms with Crippen LogP contribution in [0.15, 0.2) is 30.3 Å². The van der Waals surface area contributed by atoms with Gasteiger partial charge in [-0.15, -0.1) is 0 Å². The molecule has 27 heavy (non-hydrogen) atoms. The van der Waals surface area contributed by atoms with Gasteiger partial charge in [-0.1, -0.05) is 29.5 Å². The Morgan fingerprint density at radius 2 is 2.04 bits per heavy atom. The van der Waals surface area contributed by atoms with Crippen LogP contribution in [0.2, 0.25) is 0 Å². The summed E-state index contributed by atoms with van der Waals surface area (Å²) in [4.78, 5) is 17.6. The second-order valence-corrected chi connectivity index (χ2v) is 8.44. The number of fused-ring (bicyclic) bond motifs is 2. The number of rotatable bonds is 3. The van der Waals surface area contributed by atoms with Gasteiger partial charge in [-0.3, -0.25) is 14.8 Å². The molecule has 0 radical (unpaired) electrons. The van der Waals surface area contributed by atoms with E-state index in [1.807, 2.05) is 26.8 Å². The molecule has 0 saturated carbocycles. The van der Waals surface area contributed by atoms with Crippen molar-refractivity contribution in [2.45, 2.75) is 39.7 Å². The average molecular weight is 376 g/mol. The predicted molar refractivity (Wildman–Crippen MR) is 110 cm³/mol. The van der Waals surface area contributed by atoms with E-state index in [1.165, 1.54) is 33.2 Å². The van der Waals surface area contributed by atoms with Crippen LogP contribution in [0.1, 0.15) is 47.2 Å². The molecule has 4 aromatic rings. The number of carbonyl (C=O) groups is 1. The van der Waals surface area contributed by atoms with Crippen molar-refractivity contribution in [3.05, 3.63) is 52.8 Å². The third-order valence-electron chi connectivity index (χ3n) is 5.15. The van der Waals surface area contributed by atoms with Crippen molar-refractivity contribution < 1.29 is 4.79 Å². The quantitative estimate of drug-likeness (QED) is 0.554. The van der Waals surface area contributed by atoms with Crippen LogP contribution in [0.5, 0.6) is 0 Å². The zero-order chi connectivity index (χ0) is 18.7. The van der Waals surface area contributed by atoms with Gasteiger partial charge in [-0.05, 0) is 62.3 Å². The molecule has 2 aromatic carbocycles. The van der Waals surface area contributed by atoms with Gasteiger partial charge in [-0.25, -0.2) is 4.98 Å². The molecule has 1 N–H and O–H groups in total. The summed E-state index contributed by atoms with van der Waals surface area (Å²) in [5, 5.41) is 10.6. The number of amides is 1. The molecule has 0 unspecified atom stereocenters. The van der Waals surface area contributed by atoms with Crippen LogP contribution in [0.4, 0.5) is 5.13 Å². The Morgan fingerprint density at radius 1 is 1.22 bits per heavy atom. The fourth-order valence-corrected chi connectivity index (χ4v) is 4.94. The van der Waals surface area contributed by atoms with E-state index >= 15 is 0 Å². The summed E-state index contributed by atoms with van der Waals surface area (Å²) in [6.07, 6.45) is 2.18. The molecule has 0 spiro atoms. The molecule has 136 valence electrons. The molecule has 2 aromatic heterocycles. The number of hydrogen-bond donors (Lipinski definition) is 1. The van der Waals surface area contributed by atoms with Crippen LogP contribution >= 0.6 is 11.3 Å². The molecule has 0 saturated heterocycles. The first kappa shape index (κ1) is 16.4. The molecule has 1 amide bonds. The van der Waals surface area contributed by atoms with Gasteiger partial charge in [0.05, 0.1) is 15.9 Å². The van der Waals surface area contributed by atoms with Crippen LogP contribution in [-0.4, -0.2) is 20.7 Å². The second-order valence-electron chi connectivity index (χ2n) is 7.40. The van der Waals surface area contributed by atoms with E-state index in [0.29, 0.717) is 10.8 Å². The van der Waals surface area contributed by atoms with Crippen LogP contribution < -0.4 is 5.32 Å². The molecular formula is C21H20N4OS. The fraction of sp³-hybridized carbons (Fsp3) is 0.286. The second kappa shape index (κ2) is 5.89. The molecule has 0 bridgehead atoms. The highest BCUT2D eigenvalue weighted by Gasteiger charge is 2.21. The highest BCUT2D eigenvalue weighted by atomic mass is 32.1. The van der Waals surface area contributed by atoms with Gasteiger partial charge >= 0.3 is 0 Å². The van der Waals surface area contributed by atoms with E-state index in [2.05, 4.69) is 34.7 Å². The molecule has 2 heterocycles. The van der Waals surface area contributed by atoms with E-state index in [4.69, 9.17) is 4.98 Å². The Labute approximate surface area is 161 Å². The first-order valence-electron chi connectivity index (χ1n) is 9.23. The summed E-state index contributed by atoms with van der Waals surface area (Å²) in [5.41, 5.74) is 5.17. The number of aromatic nitrogens is 3. The Kier molecular flexibility index (Phi) is 3.59. The molecule has 0 atom stereocenters. The SMILES string of the molecule is Cc1cc(C(=O)Nc2nc3c(cc4c5c(cccc53)CC4)s2)n(C(C)C)n1. The summed E-state index contributed by atoms with van der Waals surface area (Å²) in [7, 11) is 0. The van der Waals surface area contributed by atoms with Crippen molar-refractivity contribution >= 4 is 43.4 Å². The Balaban J connectivity index is 1.56. The van der Waals surface area contributed by atoms with Gasteiger partial charge in [0.1, 0.15) is 5.69 Å². The molecule has 6 heteroatoms. The standard InChI is InChI=1S/C21H20N4OS/c1-11(2)25-16(9-12(3)24-25)20(26)23-21-22-19-15-6-4-5-13-7-8-14(18(13)15)10-17(19)27-21/h4-6,9-11H,7-8H2,1-3H3,(H,22,23,26). The summed E-state index contributed by atoms with van der Waals surface area (Å²) < 4.78 is 2.89. The summed E-state index contributed by atoms with van der Waals surface area (Å²) >= 11 is 1.54. The Hall–Kier alpha value is -2.73. The zero-order valence-corrected chi connectivity index (χ0v) is 16.4. The van der Waals surface area contributed by atoms with E-state index in [9.17, 15) is 4.79 Å². The lowest BCUT2D eigenvalue weighted by Gasteiger charge is -2.09. The lowest BCUT2D eigenvalue weighted by molar-refractivity contribution is 0.101. The minimum Gasteiger partial charge on any atom is -0.296 e. The fourth-order valence-electron chi connectivity index (χ4n) is 4.00. The molecule has 5 rings (SSSR count). The third-order valence-corrected chi connectivity index (χ3v) is 6.07. The lowest BCUT2D eigenvalue weighted by Crippen LogP contribution is -2.18. The smallest absolute Gasteiger partial charge is 0.275 e. The molecule has 0 aliphatic heterocycles. The lowest BCUT2D eigenvalue weighted by atomic mass is 10.0. The normalized spacial score (nSPS) is 13.2. The predicted octanol–water partition coefficient (Wildman–Crippen LogP) is 4.89. The van der Waals surface area contributed by atoms with Gasteiger partial charge in [0, 0.05) is 11.4 Å². The number of thiazole rings is 1. The van der Waals surface area contributed by atoms with Crippen molar-refractivity contribution in [2.75, 3.05) is 5.32 Å². The number of benzene rings is 2. The van der Waals surface area contributed by atoms with Crippen LogP contribution in [0.3, 0.4) is 0 Å². The van der Waals surface area contributed by atoms with Gasteiger partial charge in [0.15, 0.2) is 5.13 Å². The maximum Gasteiger partial charge on any atom is 0.275 e. The average Bonchev–Trinajstić information content (AvgIpc) is 3.33. The molecule has 1 aliphatic rings. The summed E-state index contributed by atoms with van der Waals surface area (Å²) in [6, 6.07) is 10.6. The highest BCUT2D eigenvalue weighted by Crippen LogP contribution is 2.39. The van der Waals surface area contributed by atoms with Gasteiger partial charge in [-0.2, -0.15) is 5.10 Å². The topological polar surface area (TPSA) is 59.8 Å². The van der Waals surface area contributed by atoms with Crippen molar-refractivity contribution in [3.63, 3.8) is 0 Å². The Morgan fingerprint density at radius 3 is 2.85 bits per heavy atom. The molecule has 5 nitrogen and oxygen atoms in total. The van der Waals surface area contributed by atoms with Gasteiger partial charge in [0.25, 0.3) is 5.91 Å². The number of nitrogens with one attached hydrogen (secondary N) is 1. The maximum absolute atomic E-state index is 12.8. The molecule has 1 aliphatic carbocycles. The van der Waals surface area contributed by atoms with Crippen molar-refractivity contribution in [1.29, 1.82) is 0 Å². The minimum absolute atomic E-state index is 0.123. The van der Waals surface area contributed by atoms with E-state index < -0.39 is 0 Å². The van der Waals surface area contributed by atoms with Crippen molar-refractivity contribution in [3.8, 4) is 0 Å². The monoisotopic (exact) mass is 376 g/mol. The Bertz CT molecular complexity index is 1220. The third kappa shape index (κ3) is 2.55. The number of carbonyl (C=O) groups excluding carboxylic acids is 1. The highest BCUT2D eigenvalue weighted by molar-refractivity contribution is 7.22. The first-order valence-corrected chi connectivity index (χ1v) is 10.0. The number of anilines is 1. The summed E-state index contributed by atoms with van der Waals surface area (Å²) in [5.74, 6) is -0.166. The zero-order valence-electron chi connectivity index (χ0n) is 15.5. The minimum atomic E-state index is -0.166. The van der Waals surface area contributed by atoms with Crippen molar-refractivity contribution in [1.82, 2.24) is 14.8 Å². The van der Waals surface area contributed by atoms with E-state index in [-0.39, 0.29) is 11.9 Å². The van der Waals surface area contributed by atoms with Crippen LogP contribution in [-0.2, 0) is 12.8 Å². The first-order chi connectivity index (χ1) is 13.0. The summed E-state index contributed by atoms with van der Waals surface area (Å²) in [6.45, 7) is 5.94. The number of nitrogens with zero attached hydrogens (tertiary/aromatic N) is 3. The van der Waals surface area contributed by atoms with Crippen LogP contribution in [0, 0.1) is 6.92 Å². The van der Waals surface area contributed by atoms with Crippen molar-refractivity contribution in [2.24, 2.45) is 0 Å². The maximum atomic E-state index is 12.8. The largest absolute Gasteiger partial charge is 0.296 e. The number of hydrogen-bond acceptors (Lipinski definition) is 4. The molecule has 0 fully saturated rings.